The summed E-state index contributed by atoms with van der Waals surface area (Å²) in [5, 5.41) is 11.8. The van der Waals surface area contributed by atoms with E-state index in [-0.39, 0.29) is 35.4 Å². The fraction of sp³-hybridized carbons (Fsp3) is 0.556. The molecule has 1 amide bonds. The lowest BCUT2D eigenvalue weighted by atomic mass is 9.97. The Morgan fingerprint density at radius 2 is 1.77 bits per heavy atom. The lowest BCUT2D eigenvalue weighted by Crippen LogP contribution is -2.43. The van der Waals surface area contributed by atoms with Crippen molar-refractivity contribution in [1.82, 2.24) is 9.62 Å². The lowest BCUT2D eigenvalue weighted by molar-refractivity contribution is -0.126. The first kappa shape index (κ1) is 20.4. The molecule has 0 radical (unpaired) electrons. The number of piperidine rings is 1. The molecule has 1 aromatic carbocycles. The highest BCUT2D eigenvalue weighted by Gasteiger charge is 2.32. The van der Waals surface area contributed by atoms with Crippen LogP contribution in [0.2, 0.25) is 0 Å². The average molecular weight is 382 g/mol. The maximum absolute atomic E-state index is 12.7. The van der Waals surface area contributed by atoms with E-state index < -0.39 is 16.0 Å². The lowest BCUT2D eigenvalue weighted by Gasteiger charge is -2.30. The zero-order valence-electron chi connectivity index (χ0n) is 15.1. The van der Waals surface area contributed by atoms with Crippen molar-refractivity contribution in [2.45, 2.75) is 38.0 Å². The van der Waals surface area contributed by atoms with Crippen molar-refractivity contribution in [2.75, 3.05) is 19.6 Å². The highest BCUT2D eigenvalue weighted by Crippen LogP contribution is 2.24. The van der Waals surface area contributed by atoms with Gasteiger partial charge in [-0.15, -0.1) is 0 Å². The third-order valence-corrected chi connectivity index (χ3v) is 6.50. The predicted octanol–water partition coefficient (Wildman–Crippen LogP) is 1.95. The number of nitrogens with one attached hydrogen (secondary N) is 1. The number of hydrogen-bond acceptors (Lipinski definition) is 4. The van der Waals surface area contributed by atoms with E-state index in [0.717, 1.165) is 6.42 Å². The van der Waals surface area contributed by atoms with Gasteiger partial charge in [-0.05, 0) is 49.4 Å². The number of nitrogens with zero attached hydrogens (tertiary/aromatic N) is 1. The largest absolute Gasteiger partial charge is 0.478 e. The van der Waals surface area contributed by atoms with Gasteiger partial charge in [-0.25, -0.2) is 13.2 Å². The van der Waals surface area contributed by atoms with Gasteiger partial charge in [0.2, 0.25) is 15.9 Å². The fourth-order valence-corrected chi connectivity index (χ4v) is 4.37. The van der Waals surface area contributed by atoms with Crippen LogP contribution in [0.25, 0.3) is 0 Å². The van der Waals surface area contributed by atoms with E-state index >= 15 is 0 Å². The van der Waals surface area contributed by atoms with Gasteiger partial charge >= 0.3 is 5.97 Å². The summed E-state index contributed by atoms with van der Waals surface area (Å²) in [7, 11) is -3.67. The molecule has 1 saturated heterocycles. The Morgan fingerprint density at radius 3 is 2.27 bits per heavy atom. The molecule has 8 heteroatoms. The van der Waals surface area contributed by atoms with Gasteiger partial charge in [0.05, 0.1) is 10.5 Å². The number of carboxylic acids is 1. The monoisotopic (exact) mass is 382 g/mol. The second kappa shape index (κ2) is 8.64. The molecule has 0 unspecified atom stereocenters. The highest BCUT2D eigenvalue weighted by atomic mass is 32.2. The standard InChI is InChI=1S/C18H26N2O5S/c1-13(2)7-10-19-17(21)14-8-11-20(12-9-14)26(24,25)16-5-3-15(4-6-16)18(22)23/h3-6,13-14H,7-12H2,1-2H3,(H,19,21)(H,22,23). The smallest absolute Gasteiger partial charge is 0.335 e. The number of carboxylic acid groups (broad SMARTS) is 1. The van der Waals surface area contributed by atoms with Crippen LogP contribution in [0, 0.1) is 11.8 Å². The molecule has 0 saturated carbocycles. The van der Waals surface area contributed by atoms with Gasteiger partial charge in [0.15, 0.2) is 0 Å². The number of sulfonamides is 1. The SMILES string of the molecule is CC(C)CCNC(=O)C1CCN(S(=O)(=O)c2ccc(C(=O)O)cc2)CC1. The van der Waals surface area contributed by atoms with Gasteiger partial charge in [-0.1, -0.05) is 13.8 Å². The van der Waals surface area contributed by atoms with Crippen molar-refractivity contribution >= 4 is 21.9 Å². The molecule has 1 aromatic rings. The molecule has 0 atom stereocenters. The molecule has 144 valence electrons. The van der Waals surface area contributed by atoms with E-state index in [9.17, 15) is 18.0 Å². The molecule has 26 heavy (non-hydrogen) atoms. The zero-order chi connectivity index (χ0) is 19.3. The van der Waals surface area contributed by atoms with Gasteiger partial charge in [-0.3, -0.25) is 4.79 Å². The summed E-state index contributed by atoms with van der Waals surface area (Å²) in [6.45, 7) is 5.40. The van der Waals surface area contributed by atoms with Crippen LogP contribution < -0.4 is 5.32 Å². The van der Waals surface area contributed by atoms with Crippen LogP contribution in [0.1, 0.15) is 43.5 Å². The minimum atomic E-state index is -3.67. The van der Waals surface area contributed by atoms with Crippen LogP contribution >= 0.6 is 0 Å². The number of hydrogen-bond donors (Lipinski definition) is 2. The Morgan fingerprint density at radius 1 is 1.19 bits per heavy atom. The first-order chi connectivity index (χ1) is 12.2. The summed E-state index contributed by atoms with van der Waals surface area (Å²) < 4.78 is 26.7. The Labute approximate surface area is 154 Å². The van der Waals surface area contributed by atoms with Gasteiger partial charge in [0.25, 0.3) is 0 Å². The second-order valence-electron chi connectivity index (χ2n) is 6.98. The summed E-state index contributed by atoms with van der Waals surface area (Å²) in [5.74, 6) is -0.746. The molecule has 1 aliphatic heterocycles. The number of amides is 1. The third-order valence-electron chi connectivity index (χ3n) is 4.58. The van der Waals surface area contributed by atoms with Crippen LogP contribution in [0.4, 0.5) is 0 Å². The molecular weight excluding hydrogens is 356 g/mol. The number of carbonyl (C=O) groups is 2. The maximum atomic E-state index is 12.7. The van der Waals surface area contributed by atoms with Crippen molar-refractivity contribution in [1.29, 1.82) is 0 Å². The fourth-order valence-electron chi connectivity index (χ4n) is 2.91. The summed E-state index contributed by atoms with van der Waals surface area (Å²) in [6.07, 6.45) is 1.89. The number of aromatic carboxylic acids is 1. The van der Waals surface area contributed by atoms with E-state index in [2.05, 4.69) is 19.2 Å². The Balaban J connectivity index is 1.93. The second-order valence-corrected chi connectivity index (χ2v) is 8.92. The Hall–Kier alpha value is -1.93. The maximum Gasteiger partial charge on any atom is 0.335 e. The molecule has 7 nitrogen and oxygen atoms in total. The van der Waals surface area contributed by atoms with Crippen molar-refractivity contribution in [3.8, 4) is 0 Å². The van der Waals surface area contributed by atoms with E-state index in [1.165, 1.54) is 28.6 Å². The van der Waals surface area contributed by atoms with Crippen molar-refractivity contribution in [3.63, 3.8) is 0 Å². The van der Waals surface area contributed by atoms with Crippen molar-refractivity contribution in [3.05, 3.63) is 29.8 Å². The Kier molecular flexibility index (Phi) is 6.77. The number of carbonyl (C=O) groups excluding carboxylic acids is 1. The quantitative estimate of drug-likeness (QED) is 0.750. The van der Waals surface area contributed by atoms with Crippen LogP contribution in [-0.2, 0) is 14.8 Å². The predicted molar refractivity (Wildman–Crippen MR) is 97.3 cm³/mol. The zero-order valence-corrected chi connectivity index (χ0v) is 16.0. The van der Waals surface area contributed by atoms with E-state index in [4.69, 9.17) is 5.11 Å². The molecule has 1 aliphatic rings. The number of rotatable bonds is 7. The van der Waals surface area contributed by atoms with Crippen LogP contribution in [-0.4, -0.2) is 49.3 Å². The molecule has 2 rings (SSSR count). The molecule has 0 bridgehead atoms. The first-order valence-corrected chi connectivity index (χ1v) is 10.3. The van der Waals surface area contributed by atoms with Crippen molar-refractivity contribution in [2.24, 2.45) is 11.8 Å². The normalized spacial score (nSPS) is 16.6. The summed E-state index contributed by atoms with van der Waals surface area (Å²) in [6, 6.07) is 5.18. The minimum Gasteiger partial charge on any atom is -0.478 e. The topological polar surface area (TPSA) is 104 Å². The molecule has 1 fully saturated rings. The molecule has 2 N–H and O–H groups in total. The third kappa shape index (κ3) is 5.04. The van der Waals surface area contributed by atoms with E-state index in [1.807, 2.05) is 0 Å². The van der Waals surface area contributed by atoms with Gasteiger partial charge in [0.1, 0.15) is 0 Å². The Bertz CT molecular complexity index is 735. The average Bonchev–Trinajstić information content (AvgIpc) is 2.61. The van der Waals surface area contributed by atoms with Crippen LogP contribution in [0.5, 0.6) is 0 Å². The summed E-state index contributed by atoms with van der Waals surface area (Å²) in [4.78, 5) is 23.1. The highest BCUT2D eigenvalue weighted by molar-refractivity contribution is 7.89. The van der Waals surface area contributed by atoms with Gasteiger partial charge in [0, 0.05) is 25.6 Å². The van der Waals surface area contributed by atoms with E-state index in [0.29, 0.717) is 25.3 Å². The number of benzene rings is 1. The minimum absolute atomic E-state index is 0.00601. The molecule has 1 heterocycles. The van der Waals surface area contributed by atoms with Crippen molar-refractivity contribution < 1.29 is 23.1 Å². The van der Waals surface area contributed by atoms with Gasteiger partial charge < -0.3 is 10.4 Å². The van der Waals surface area contributed by atoms with Gasteiger partial charge in [-0.2, -0.15) is 4.31 Å². The van der Waals surface area contributed by atoms with E-state index in [1.54, 1.807) is 0 Å². The summed E-state index contributed by atoms with van der Waals surface area (Å²) in [5.41, 5.74) is 0.0423. The molecule has 0 spiro atoms. The molecule has 0 aromatic heterocycles. The molecule has 0 aliphatic carbocycles. The van der Waals surface area contributed by atoms with Crippen LogP contribution in [0.15, 0.2) is 29.2 Å². The van der Waals surface area contributed by atoms with Crippen LogP contribution in [0.3, 0.4) is 0 Å². The summed E-state index contributed by atoms with van der Waals surface area (Å²) >= 11 is 0. The molecular formula is C18H26N2O5S. The first-order valence-electron chi connectivity index (χ1n) is 8.83.